The first-order valence-corrected chi connectivity index (χ1v) is 10.8. The van der Waals surface area contributed by atoms with Gasteiger partial charge in [-0.1, -0.05) is 38.5 Å². The lowest BCUT2D eigenvalue weighted by Crippen LogP contribution is -2.15. The Bertz CT molecular complexity index is 314. The molecular weight excluding hydrogens is 308 g/mol. The number of hydrogen-bond acceptors (Lipinski definition) is 4. The Labute approximate surface area is 146 Å². The molecule has 0 heterocycles. The van der Waals surface area contributed by atoms with E-state index in [9.17, 15) is 0 Å². The zero-order valence-corrected chi connectivity index (χ0v) is 16.0. The average Bonchev–Trinajstić information content (AvgIpc) is 3.34. The summed E-state index contributed by atoms with van der Waals surface area (Å²) in [4.78, 5) is 0. The maximum atomic E-state index is 4.29. The minimum Gasteiger partial charge on any atom is -0.334 e. The zero-order valence-electron chi connectivity index (χ0n) is 14.4. The van der Waals surface area contributed by atoms with Crippen LogP contribution >= 0.6 is 23.7 Å². The molecule has 1 aliphatic carbocycles. The van der Waals surface area contributed by atoms with Crippen LogP contribution in [0.25, 0.3) is 0 Å². The molecule has 4 heteroatoms. The van der Waals surface area contributed by atoms with Crippen molar-refractivity contribution in [1.82, 2.24) is 10.0 Å². The summed E-state index contributed by atoms with van der Waals surface area (Å²) in [5.74, 6) is 2.80. The lowest BCUT2D eigenvalue weighted by atomic mass is 9.99. The Balaban J connectivity index is 2.26. The summed E-state index contributed by atoms with van der Waals surface area (Å²) in [7, 11) is 2.01. The highest BCUT2D eigenvalue weighted by molar-refractivity contribution is 7.99. The number of unbranched alkanes of at least 4 members (excludes halogenated alkanes) is 3. The van der Waals surface area contributed by atoms with E-state index in [1.807, 2.05) is 30.8 Å². The number of thioether (sulfide) groups is 1. The molecule has 1 unspecified atom stereocenters. The van der Waals surface area contributed by atoms with Gasteiger partial charge in [-0.05, 0) is 63.3 Å². The lowest BCUT2D eigenvalue weighted by molar-refractivity contribution is 0.590. The van der Waals surface area contributed by atoms with E-state index in [4.69, 9.17) is 0 Å². The molecular formula is C18H34N2S2. The monoisotopic (exact) mass is 342 g/mol. The fourth-order valence-electron chi connectivity index (χ4n) is 2.15. The molecule has 0 radical (unpaired) electrons. The second-order valence-electron chi connectivity index (χ2n) is 6.04. The van der Waals surface area contributed by atoms with Crippen LogP contribution in [0.15, 0.2) is 24.4 Å². The largest absolute Gasteiger partial charge is 0.334 e. The Kier molecular flexibility index (Phi) is 12.2. The molecule has 0 saturated heterocycles. The van der Waals surface area contributed by atoms with Crippen molar-refractivity contribution in [1.29, 1.82) is 0 Å². The average molecular weight is 343 g/mol. The first kappa shape index (κ1) is 20.0. The van der Waals surface area contributed by atoms with Gasteiger partial charge in [-0.15, -0.1) is 11.8 Å². The highest BCUT2D eigenvalue weighted by atomic mass is 32.2. The van der Waals surface area contributed by atoms with Crippen molar-refractivity contribution < 1.29 is 0 Å². The Morgan fingerprint density at radius 1 is 1.32 bits per heavy atom. The zero-order chi connectivity index (χ0) is 16.0. The maximum absolute atomic E-state index is 4.29. The second kappa shape index (κ2) is 13.4. The number of hydrogen-bond donors (Lipinski definition) is 2. The van der Waals surface area contributed by atoms with Crippen molar-refractivity contribution in [2.75, 3.05) is 18.7 Å². The van der Waals surface area contributed by atoms with Crippen LogP contribution in [0.5, 0.6) is 0 Å². The van der Waals surface area contributed by atoms with Crippen LogP contribution in [0, 0.1) is 5.92 Å². The van der Waals surface area contributed by atoms with Gasteiger partial charge < -0.3 is 10.0 Å². The fourth-order valence-corrected chi connectivity index (χ4v) is 3.81. The maximum Gasteiger partial charge on any atom is 0.0415 e. The van der Waals surface area contributed by atoms with Gasteiger partial charge in [0.15, 0.2) is 0 Å². The van der Waals surface area contributed by atoms with Crippen molar-refractivity contribution in [3.8, 4) is 0 Å². The number of allylic oxidation sites excluding steroid dienone is 3. The summed E-state index contributed by atoms with van der Waals surface area (Å²) in [5.41, 5.74) is 1.22. The number of nitrogens with one attached hydrogen (secondary N) is 2. The molecule has 0 aliphatic heterocycles. The van der Waals surface area contributed by atoms with Crippen molar-refractivity contribution in [3.63, 3.8) is 0 Å². The molecule has 0 spiro atoms. The normalized spacial score (nSPS) is 16.1. The van der Waals surface area contributed by atoms with Crippen molar-refractivity contribution >= 4 is 23.7 Å². The van der Waals surface area contributed by atoms with Crippen LogP contribution in [0.1, 0.15) is 58.3 Å². The molecule has 1 saturated carbocycles. The third-order valence-electron chi connectivity index (χ3n) is 3.79. The molecule has 2 N–H and O–H groups in total. The van der Waals surface area contributed by atoms with E-state index in [1.165, 1.54) is 56.4 Å². The van der Waals surface area contributed by atoms with Gasteiger partial charge in [0.25, 0.3) is 0 Å². The SMILES string of the molecule is C=C(NSC1CC1)C(C/C=C\CCCCC)CCSCNC. The molecule has 0 aromatic rings. The van der Waals surface area contributed by atoms with Gasteiger partial charge in [0.2, 0.25) is 0 Å². The highest BCUT2D eigenvalue weighted by Crippen LogP contribution is 2.33. The van der Waals surface area contributed by atoms with Crippen molar-refractivity contribution in [2.24, 2.45) is 5.92 Å². The quantitative estimate of drug-likeness (QED) is 0.181. The summed E-state index contributed by atoms with van der Waals surface area (Å²) < 4.78 is 3.51. The van der Waals surface area contributed by atoms with Crippen LogP contribution in [0.3, 0.4) is 0 Å². The predicted molar refractivity (Wildman–Crippen MR) is 105 cm³/mol. The molecule has 0 aromatic carbocycles. The van der Waals surface area contributed by atoms with Gasteiger partial charge >= 0.3 is 0 Å². The molecule has 1 atom stereocenters. The smallest absolute Gasteiger partial charge is 0.0415 e. The Morgan fingerprint density at radius 2 is 2.14 bits per heavy atom. The summed E-state index contributed by atoms with van der Waals surface area (Å²) in [5, 5.41) is 4.03. The molecule has 1 aliphatic rings. The molecule has 0 bridgehead atoms. The third-order valence-corrected chi connectivity index (χ3v) is 5.99. The van der Waals surface area contributed by atoms with Gasteiger partial charge in [-0.2, -0.15) is 0 Å². The molecule has 2 nitrogen and oxygen atoms in total. The molecule has 22 heavy (non-hydrogen) atoms. The van der Waals surface area contributed by atoms with E-state index in [2.05, 4.69) is 35.7 Å². The van der Waals surface area contributed by atoms with E-state index in [1.54, 1.807) is 0 Å². The summed E-state index contributed by atoms with van der Waals surface area (Å²) in [6.45, 7) is 6.55. The van der Waals surface area contributed by atoms with Gasteiger partial charge in [0.05, 0.1) is 0 Å². The molecule has 128 valence electrons. The van der Waals surface area contributed by atoms with Crippen molar-refractivity contribution in [2.45, 2.75) is 63.5 Å². The van der Waals surface area contributed by atoms with E-state index < -0.39 is 0 Å². The standard InChI is InChI=1S/C18H34N2S2/c1-4-5-6-7-8-9-10-17(13-14-21-15-19-3)16(2)20-22-18-11-12-18/h8-9,17-20H,2,4-7,10-15H2,1,3H3/b9-8-. The Hall–Kier alpha value is -0.0600. The van der Waals surface area contributed by atoms with Gasteiger partial charge in [-0.25, -0.2) is 0 Å². The predicted octanol–water partition coefficient (Wildman–Crippen LogP) is 5.34. The topological polar surface area (TPSA) is 24.1 Å². The van der Waals surface area contributed by atoms with Gasteiger partial charge in [0, 0.05) is 22.7 Å². The molecule has 0 amide bonds. The van der Waals surface area contributed by atoms with Crippen LogP contribution in [-0.4, -0.2) is 23.9 Å². The van der Waals surface area contributed by atoms with Crippen LogP contribution in [0.4, 0.5) is 0 Å². The Morgan fingerprint density at radius 3 is 2.82 bits per heavy atom. The van der Waals surface area contributed by atoms with E-state index in [0.717, 1.165) is 17.5 Å². The van der Waals surface area contributed by atoms with Crippen molar-refractivity contribution in [3.05, 3.63) is 24.4 Å². The van der Waals surface area contributed by atoms with E-state index in [-0.39, 0.29) is 0 Å². The summed E-state index contributed by atoms with van der Waals surface area (Å²) in [6.07, 6.45) is 15.0. The van der Waals surface area contributed by atoms with Crippen LogP contribution < -0.4 is 10.0 Å². The first-order valence-electron chi connectivity index (χ1n) is 8.75. The summed E-state index contributed by atoms with van der Waals surface area (Å²) in [6, 6.07) is 0. The summed E-state index contributed by atoms with van der Waals surface area (Å²) >= 11 is 3.86. The third kappa shape index (κ3) is 10.6. The molecule has 1 fully saturated rings. The van der Waals surface area contributed by atoms with E-state index >= 15 is 0 Å². The van der Waals surface area contributed by atoms with Gasteiger partial charge in [-0.3, -0.25) is 0 Å². The molecule has 1 rings (SSSR count). The minimum atomic E-state index is 0.568. The second-order valence-corrected chi connectivity index (χ2v) is 8.25. The lowest BCUT2D eigenvalue weighted by Gasteiger charge is -2.19. The van der Waals surface area contributed by atoms with Crippen LogP contribution in [0.2, 0.25) is 0 Å². The van der Waals surface area contributed by atoms with Crippen LogP contribution in [-0.2, 0) is 0 Å². The highest BCUT2D eigenvalue weighted by Gasteiger charge is 2.23. The molecule has 0 aromatic heterocycles. The first-order chi connectivity index (χ1) is 10.8. The van der Waals surface area contributed by atoms with Gasteiger partial charge in [0.1, 0.15) is 0 Å². The van der Waals surface area contributed by atoms with E-state index in [0.29, 0.717) is 5.92 Å². The fraction of sp³-hybridized carbons (Fsp3) is 0.778. The minimum absolute atomic E-state index is 0.568. The number of rotatable bonds is 15.